The third kappa shape index (κ3) is 5.74. The Morgan fingerprint density at radius 1 is 1.19 bits per heavy atom. The van der Waals surface area contributed by atoms with Gasteiger partial charge in [0.2, 0.25) is 0 Å². The third-order valence-electron chi connectivity index (χ3n) is 5.33. The van der Waals surface area contributed by atoms with Gasteiger partial charge in [-0.25, -0.2) is 4.98 Å². The van der Waals surface area contributed by atoms with Gasteiger partial charge in [-0.1, -0.05) is 18.2 Å². The van der Waals surface area contributed by atoms with E-state index in [4.69, 9.17) is 19.3 Å². The average molecular weight is 525 g/mol. The fourth-order valence-corrected chi connectivity index (χ4v) is 5.41. The summed E-state index contributed by atoms with van der Waals surface area (Å²) in [6, 6.07) is 13.2. The maximum Gasteiger partial charge on any atom is 0.310 e. The highest BCUT2D eigenvalue weighted by molar-refractivity contribution is 8.02. The molecule has 0 saturated carbocycles. The summed E-state index contributed by atoms with van der Waals surface area (Å²) in [6.07, 6.45) is 1.76. The highest BCUT2D eigenvalue weighted by Crippen LogP contribution is 2.34. The summed E-state index contributed by atoms with van der Waals surface area (Å²) in [5.41, 5.74) is 3.52. The molecule has 1 N–H and O–H groups in total. The molecule has 1 atom stereocenters. The second-order valence-corrected chi connectivity index (χ2v) is 12.1. The first-order chi connectivity index (χ1) is 17.2. The van der Waals surface area contributed by atoms with Crippen molar-refractivity contribution in [3.05, 3.63) is 70.9 Å². The number of nitrogens with zero attached hydrogens (tertiary/aromatic N) is 1. The number of carbonyl (C=O) groups is 1. The number of esters is 1. The second-order valence-electron chi connectivity index (χ2n) is 9.11. The van der Waals surface area contributed by atoms with Crippen LogP contribution in [-0.4, -0.2) is 31.6 Å². The first-order valence-corrected chi connectivity index (χ1v) is 13.5. The first-order valence-electron chi connectivity index (χ1n) is 11.5. The molecule has 9 heteroatoms. The molecule has 2 aromatic heterocycles. The van der Waals surface area contributed by atoms with Gasteiger partial charge in [-0.15, -0.1) is 11.3 Å². The molecule has 0 amide bonds. The van der Waals surface area contributed by atoms with Crippen LogP contribution < -0.4 is 4.74 Å². The molecule has 4 rings (SSSR count). The fraction of sp³-hybridized carbons (Fsp3) is 0.296. The summed E-state index contributed by atoms with van der Waals surface area (Å²) in [5.74, 6) is 0.322. The number of aromatic nitrogens is 1. The lowest BCUT2D eigenvalue weighted by Gasteiger charge is -2.16. The van der Waals surface area contributed by atoms with E-state index in [1.165, 1.54) is 11.3 Å². The number of hydrogen-bond acceptors (Lipinski definition) is 8. The molecule has 0 saturated heterocycles. The Labute approximate surface area is 216 Å². The van der Waals surface area contributed by atoms with Crippen LogP contribution in [0.2, 0.25) is 0 Å². The van der Waals surface area contributed by atoms with Crippen molar-refractivity contribution in [3.63, 3.8) is 0 Å². The largest absolute Gasteiger partial charge is 0.489 e. The van der Waals surface area contributed by atoms with E-state index in [-0.39, 0.29) is 24.0 Å². The minimum atomic E-state index is -1.48. The Balaban J connectivity index is 1.60. The predicted octanol–water partition coefficient (Wildman–Crippen LogP) is 6.11. The van der Waals surface area contributed by atoms with Gasteiger partial charge < -0.3 is 13.9 Å². The molecular weight excluding hydrogens is 496 g/mol. The van der Waals surface area contributed by atoms with Crippen molar-refractivity contribution in [3.8, 4) is 16.3 Å². The zero-order valence-electron chi connectivity index (χ0n) is 20.6. The van der Waals surface area contributed by atoms with Crippen molar-refractivity contribution >= 4 is 44.1 Å². The summed E-state index contributed by atoms with van der Waals surface area (Å²) in [6.45, 7) is 7.90. The SMILES string of the molecule is CCOC(=O)Cc1ccccc1OCc1cc(-c2nc(C(=N)S(=O)C(C)(C)C)cs2)c2occc2c1. The highest BCUT2D eigenvalue weighted by Gasteiger charge is 2.26. The zero-order chi connectivity index (χ0) is 25.9. The summed E-state index contributed by atoms with van der Waals surface area (Å²) in [7, 11) is -1.48. The van der Waals surface area contributed by atoms with Crippen molar-refractivity contribution in [2.45, 2.75) is 45.5 Å². The normalized spacial score (nSPS) is 12.4. The summed E-state index contributed by atoms with van der Waals surface area (Å²) >= 11 is 1.38. The van der Waals surface area contributed by atoms with Gasteiger partial charge in [-0.05, 0) is 57.5 Å². The van der Waals surface area contributed by atoms with Crippen LogP contribution in [0.4, 0.5) is 0 Å². The molecule has 0 aliphatic heterocycles. The van der Waals surface area contributed by atoms with Gasteiger partial charge in [-0.2, -0.15) is 0 Å². The molecule has 1 unspecified atom stereocenters. The lowest BCUT2D eigenvalue weighted by atomic mass is 10.1. The number of carbonyl (C=O) groups excluding carboxylic acids is 1. The van der Waals surface area contributed by atoms with Gasteiger partial charge in [0.25, 0.3) is 0 Å². The molecule has 2 heterocycles. The van der Waals surface area contributed by atoms with Crippen LogP contribution in [0.15, 0.2) is 58.5 Å². The number of rotatable bonds is 8. The highest BCUT2D eigenvalue weighted by atomic mass is 32.2. The van der Waals surface area contributed by atoms with Gasteiger partial charge in [0.05, 0.1) is 35.7 Å². The van der Waals surface area contributed by atoms with Gasteiger partial charge in [0.15, 0.2) is 0 Å². The number of para-hydroxylation sites is 1. The number of benzene rings is 2. The molecule has 0 aliphatic carbocycles. The van der Waals surface area contributed by atoms with Crippen molar-refractivity contribution in [2.75, 3.05) is 6.61 Å². The quantitative estimate of drug-likeness (QED) is 0.169. The van der Waals surface area contributed by atoms with Crippen LogP contribution in [0, 0.1) is 5.41 Å². The molecule has 188 valence electrons. The van der Waals surface area contributed by atoms with Gasteiger partial charge in [0.1, 0.15) is 33.7 Å². The Bertz CT molecular complexity index is 1430. The molecule has 0 radical (unpaired) electrons. The Morgan fingerprint density at radius 3 is 2.72 bits per heavy atom. The van der Waals surface area contributed by atoms with Gasteiger partial charge in [0, 0.05) is 21.1 Å². The molecule has 0 spiro atoms. The number of thiazole rings is 1. The van der Waals surface area contributed by atoms with Crippen LogP contribution in [0.1, 0.15) is 44.5 Å². The summed E-state index contributed by atoms with van der Waals surface area (Å²) < 4.78 is 29.0. The third-order valence-corrected chi connectivity index (χ3v) is 7.89. The number of furan rings is 1. The molecule has 7 nitrogen and oxygen atoms in total. The van der Waals surface area contributed by atoms with Gasteiger partial charge in [-0.3, -0.25) is 14.4 Å². The van der Waals surface area contributed by atoms with E-state index in [9.17, 15) is 9.00 Å². The standard InChI is InChI=1S/C27H28N2O5S2/c1-5-32-23(30)14-18-8-6-7-9-22(18)34-15-17-12-19-10-11-33-24(19)20(13-17)26-29-21(16-35-26)25(28)36(31)27(2,3)4/h6-13,16,28H,5,14-15H2,1-4H3. The molecule has 2 aromatic carbocycles. The van der Waals surface area contributed by atoms with E-state index in [0.29, 0.717) is 28.6 Å². The van der Waals surface area contributed by atoms with E-state index in [1.807, 2.05) is 63.2 Å². The number of ether oxygens (including phenoxy) is 2. The van der Waals surface area contributed by atoms with E-state index >= 15 is 0 Å². The Morgan fingerprint density at radius 2 is 1.97 bits per heavy atom. The predicted molar refractivity (Wildman–Crippen MR) is 143 cm³/mol. The number of hydrogen-bond donors (Lipinski definition) is 1. The molecular formula is C27H28N2O5S2. The van der Waals surface area contributed by atoms with E-state index in [1.54, 1.807) is 18.6 Å². The molecule has 36 heavy (non-hydrogen) atoms. The van der Waals surface area contributed by atoms with Crippen LogP contribution in [0.3, 0.4) is 0 Å². The lowest BCUT2D eigenvalue weighted by molar-refractivity contribution is -0.142. The molecule has 0 aliphatic rings. The Hall–Kier alpha value is -3.30. The van der Waals surface area contributed by atoms with Crippen molar-refractivity contribution in [1.82, 2.24) is 4.98 Å². The van der Waals surface area contributed by atoms with Crippen molar-refractivity contribution in [2.24, 2.45) is 0 Å². The number of nitrogens with one attached hydrogen (secondary N) is 1. The van der Waals surface area contributed by atoms with E-state index in [0.717, 1.165) is 22.1 Å². The van der Waals surface area contributed by atoms with Crippen LogP contribution in [0.25, 0.3) is 21.5 Å². The monoisotopic (exact) mass is 524 g/mol. The average Bonchev–Trinajstić information content (AvgIpc) is 3.51. The zero-order valence-corrected chi connectivity index (χ0v) is 22.3. The fourth-order valence-electron chi connectivity index (χ4n) is 3.61. The van der Waals surface area contributed by atoms with Gasteiger partial charge >= 0.3 is 5.97 Å². The van der Waals surface area contributed by atoms with Crippen LogP contribution in [-0.2, 0) is 33.4 Å². The van der Waals surface area contributed by atoms with Crippen LogP contribution in [0.5, 0.6) is 5.75 Å². The minimum Gasteiger partial charge on any atom is -0.489 e. The van der Waals surface area contributed by atoms with Crippen LogP contribution >= 0.6 is 11.3 Å². The van der Waals surface area contributed by atoms with E-state index < -0.39 is 15.5 Å². The maximum absolute atomic E-state index is 12.7. The number of fused-ring (bicyclic) bond motifs is 1. The maximum atomic E-state index is 12.7. The Kier molecular flexibility index (Phi) is 7.70. The first kappa shape index (κ1) is 25.8. The van der Waals surface area contributed by atoms with E-state index in [2.05, 4.69) is 4.98 Å². The summed E-state index contributed by atoms with van der Waals surface area (Å²) in [5, 5.41) is 11.7. The molecule has 0 bridgehead atoms. The second kappa shape index (κ2) is 10.8. The molecule has 0 fully saturated rings. The van der Waals surface area contributed by atoms with Crippen molar-refractivity contribution in [1.29, 1.82) is 5.41 Å². The lowest BCUT2D eigenvalue weighted by Crippen LogP contribution is -2.28. The summed E-state index contributed by atoms with van der Waals surface area (Å²) in [4.78, 5) is 16.6. The topological polar surface area (TPSA) is 102 Å². The minimum absolute atomic E-state index is 0.0124. The van der Waals surface area contributed by atoms with Crippen molar-refractivity contribution < 1.29 is 22.9 Å². The smallest absolute Gasteiger partial charge is 0.310 e. The molecule has 4 aromatic rings.